The van der Waals surface area contributed by atoms with Gasteiger partial charge in [-0.1, -0.05) is 37.6 Å². The molecule has 0 saturated heterocycles. The average Bonchev–Trinajstić information content (AvgIpc) is 3.21. The molecule has 6 heteroatoms. The van der Waals surface area contributed by atoms with Crippen LogP contribution < -0.4 is 0 Å². The van der Waals surface area contributed by atoms with Gasteiger partial charge in [0, 0.05) is 25.7 Å². The molecule has 1 aromatic heterocycles. The molecule has 34 heavy (non-hydrogen) atoms. The lowest BCUT2D eigenvalue weighted by molar-refractivity contribution is -0.149. The first kappa shape index (κ1) is 26.0. The lowest BCUT2D eigenvalue weighted by Gasteiger charge is -2.42. The summed E-state index contributed by atoms with van der Waals surface area (Å²) in [4.78, 5) is 29.6. The Hall–Kier alpha value is -2.63. The Morgan fingerprint density at radius 1 is 1.21 bits per heavy atom. The molecule has 5 atom stereocenters. The van der Waals surface area contributed by atoms with E-state index < -0.39 is 0 Å². The van der Waals surface area contributed by atoms with Gasteiger partial charge in [-0.25, -0.2) is 9.78 Å². The SMILES string of the molecule is CCOC(=O)C1C/C=C\C[C@@H](OC(=O)/C=C/c2cn(C)cn2)C[C@H]2C(C)=CC[C@H](C(C)C)[C@H]2C1. The summed E-state index contributed by atoms with van der Waals surface area (Å²) in [7, 11) is 1.89. The van der Waals surface area contributed by atoms with E-state index in [9.17, 15) is 9.59 Å². The van der Waals surface area contributed by atoms with Gasteiger partial charge < -0.3 is 14.0 Å². The molecule has 1 aromatic rings. The number of imidazole rings is 1. The van der Waals surface area contributed by atoms with Gasteiger partial charge in [0.2, 0.25) is 0 Å². The van der Waals surface area contributed by atoms with Crippen LogP contribution in [0, 0.1) is 29.6 Å². The molecule has 0 aromatic carbocycles. The van der Waals surface area contributed by atoms with Gasteiger partial charge in [-0.15, -0.1) is 0 Å². The molecule has 2 aliphatic carbocycles. The van der Waals surface area contributed by atoms with Crippen molar-refractivity contribution in [3.05, 3.63) is 48.1 Å². The van der Waals surface area contributed by atoms with E-state index in [0.29, 0.717) is 37.2 Å². The Labute approximate surface area is 204 Å². The number of hydrogen-bond acceptors (Lipinski definition) is 5. The lowest BCUT2D eigenvalue weighted by Crippen LogP contribution is -2.37. The third kappa shape index (κ3) is 6.94. The number of nitrogens with zero attached hydrogens (tertiary/aromatic N) is 2. The largest absolute Gasteiger partial charge is 0.466 e. The monoisotopic (exact) mass is 468 g/mol. The van der Waals surface area contributed by atoms with E-state index in [1.165, 1.54) is 11.6 Å². The highest BCUT2D eigenvalue weighted by Crippen LogP contribution is 2.45. The van der Waals surface area contributed by atoms with Gasteiger partial charge in [-0.3, -0.25) is 4.79 Å². The fraction of sp³-hybridized carbons (Fsp3) is 0.607. The molecule has 0 saturated carbocycles. The maximum Gasteiger partial charge on any atom is 0.331 e. The summed E-state index contributed by atoms with van der Waals surface area (Å²) < 4.78 is 13.2. The standard InChI is InChI=1S/C28H40N2O4/c1-6-33-28(32)21-9-7-8-10-23(34-27(31)14-12-22-17-30(5)18-29-22)16-25-20(4)11-13-24(19(2)3)26(25)15-21/h7-8,11-12,14,17-19,21,23-26H,6,9-10,13,15-16H2,1-5H3/b8-7-,14-12+/t21?,23-,24-,25+,26-/m1/s1. The Balaban J connectivity index is 1.81. The zero-order valence-corrected chi connectivity index (χ0v) is 21.3. The van der Waals surface area contributed by atoms with Crippen LogP contribution in [0.3, 0.4) is 0 Å². The van der Waals surface area contributed by atoms with Gasteiger partial charge in [0.15, 0.2) is 0 Å². The molecule has 2 aliphatic rings. The van der Waals surface area contributed by atoms with Crippen LogP contribution in [0.4, 0.5) is 0 Å². The number of aromatic nitrogens is 2. The second-order valence-electron chi connectivity index (χ2n) is 10.1. The second-order valence-corrected chi connectivity index (χ2v) is 10.1. The first-order chi connectivity index (χ1) is 16.3. The number of allylic oxidation sites excluding steroid dienone is 3. The van der Waals surface area contributed by atoms with E-state index in [1.54, 1.807) is 12.4 Å². The fourth-order valence-electron chi connectivity index (χ4n) is 5.49. The zero-order valence-electron chi connectivity index (χ0n) is 21.3. The van der Waals surface area contributed by atoms with E-state index in [0.717, 1.165) is 25.0 Å². The Kier molecular flexibility index (Phi) is 9.31. The minimum atomic E-state index is -0.347. The molecule has 0 radical (unpaired) electrons. The van der Waals surface area contributed by atoms with Gasteiger partial charge in [0.05, 0.1) is 24.5 Å². The van der Waals surface area contributed by atoms with E-state index in [4.69, 9.17) is 9.47 Å². The van der Waals surface area contributed by atoms with E-state index in [1.807, 2.05) is 24.7 Å². The molecule has 0 amide bonds. The molecule has 6 nitrogen and oxygen atoms in total. The molecule has 0 aliphatic heterocycles. The van der Waals surface area contributed by atoms with Crippen molar-refractivity contribution < 1.29 is 19.1 Å². The van der Waals surface area contributed by atoms with Gasteiger partial charge in [-0.2, -0.15) is 0 Å². The highest BCUT2D eigenvalue weighted by atomic mass is 16.5. The summed E-state index contributed by atoms with van der Waals surface area (Å²) >= 11 is 0. The number of carbonyl (C=O) groups excluding carboxylic acids is 2. The number of hydrogen-bond donors (Lipinski definition) is 0. The van der Waals surface area contributed by atoms with E-state index in [-0.39, 0.29) is 29.9 Å². The molecule has 0 spiro atoms. The molecule has 1 unspecified atom stereocenters. The van der Waals surface area contributed by atoms with E-state index >= 15 is 0 Å². The summed E-state index contributed by atoms with van der Waals surface area (Å²) in [5.41, 5.74) is 2.07. The molecule has 186 valence electrons. The highest BCUT2D eigenvalue weighted by Gasteiger charge is 2.39. The minimum absolute atomic E-state index is 0.0937. The Bertz CT molecular complexity index is 927. The van der Waals surface area contributed by atoms with Crippen molar-refractivity contribution in [2.24, 2.45) is 36.6 Å². The van der Waals surface area contributed by atoms with Gasteiger partial charge in [0.25, 0.3) is 0 Å². The van der Waals surface area contributed by atoms with Crippen LogP contribution in [0.25, 0.3) is 6.08 Å². The topological polar surface area (TPSA) is 70.4 Å². The van der Waals surface area contributed by atoms with Crippen LogP contribution >= 0.6 is 0 Å². The summed E-state index contributed by atoms with van der Waals surface area (Å²) in [6, 6.07) is 0. The molecule has 3 rings (SSSR count). The minimum Gasteiger partial charge on any atom is -0.466 e. The number of fused-ring (bicyclic) bond motifs is 1. The predicted octanol–water partition coefficient (Wildman–Crippen LogP) is 5.51. The predicted molar refractivity (Wildman–Crippen MR) is 134 cm³/mol. The third-order valence-corrected chi connectivity index (χ3v) is 7.30. The molecular formula is C28H40N2O4. The van der Waals surface area contributed by atoms with E-state index in [2.05, 4.69) is 44.0 Å². The van der Waals surface area contributed by atoms with Crippen LogP contribution in [-0.2, 0) is 26.1 Å². The van der Waals surface area contributed by atoms with Crippen LogP contribution in [0.5, 0.6) is 0 Å². The molecule has 0 bridgehead atoms. The highest BCUT2D eigenvalue weighted by molar-refractivity contribution is 5.86. The normalized spacial score (nSPS) is 28.8. The molecular weight excluding hydrogens is 428 g/mol. The summed E-state index contributed by atoms with van der Waals surface area (Å²) in [5, 5.41) is 0. The van der Waals surface area contributed by atoms with Crippen molar-refractivity contribution >= 4 is 18.0 Å². The van der Waals surface area contributed by atoms with Crippen LogP contribution in [0.2, 0.25) is 0 Å². The smallest absolute Gasteiger partial charge is 0.331 e. The van der Waals surface area contributed by atoms with Crippen molar-refractivity contribution in [1.82, 2.24) is 9.55 Å². The average molecular weight is 469 g/mol. The summed E-state index contributed by atoms with van der Waals surface area (Å²) in [6.07, 6.45) is 16.9. The number of ether oxygens (including phenoxy) is 2. The second kappa shape index (κ2) is 12.2. The zero-order chi connectivity index (χ0) is 24.7. The maximum atomic E-state index is 12.7. The van der Waals surface area contributed by atoms with Gasteiger partial charge in [-0.05, 0) is 69.3 Å². The Morgan fingerprint density at radius 2 is 1.97 bits per heavy atom. The summed E-state index contributed by atoms with van der Waals surface area (Å²) in [6.45, 7) is 9.00. The molecule has 0 N–H and O–H groups in total. The first-order valence-corrected chi connectivity index (χ1v) is 12.6. The van der Waals surface area contributed by atoms with Crippen molar-refractivity contribution in [3.63, 3.8) is 0 Å². The number of aryl methyl sites for hydroxylation is 1. The van der Waals surface area contributed by atoms with Crippen LogP contribution in [-0.4, -0.2) is 34.2 Å². The van der Waals surface area contributed by atoms with Crippen molar-refractivity contribution in [3.8, 4) is 0 Å². The fourth-order valence-corrected chi connectivity index (χ4v) is 5.49. The van der Waals surface area contributed by atoms with Crippen LogP contribution in [0.15, 0.2) is 42.4 Å². The number of rotatable bonds is 6. The van der Waals surface area contributed by atoms with Crippen molar-refractivity contribution in [1.29, 1.82) is 0 Å². The quantitative estimate of drug-likeness (QED) is 0.313. The molecule has 0 fully saturated rings. The Morgan fingerprint density at radius 3 is 2.65 bits per heavy atom. The van der Waals surface area contributed by atoms with Gasteiger partial charge >= 0.3 is 11.9 Å². The number of esters is 2. The van der Waals surface area contributed by atoms with Crippen LogP contribution in [0.1, 0.15) is 65.5 Å². The summed E-state index contributed by atoms with van der Waals surface area (Å²) in [5.74, 6) is 1.08. The number of carbonyl (C=O) groups is 2. The van der Waals surface area contributed by atoms with Gasteiger partial charge in [0.1, 0.15) is 6.10 Å². The molecule has 1 heterocycles. The first-order valence-electron chi connectivity index (χ1n) is 12.6. The lowest BCUT2D eigenvalue weighted by atomic mass is 9.63. The third-order valence-electron chi connectivity index (χ3n) is 7.30. The van der Waals surface area contributed by atoms with Crippen molar-refractivity contribution in [2.75, 3.05) is 6.61 Å². The maximum absolute atomic E-state index is 12.7. The van der Waals surface area contributed by atoms with Crippen molar-refractivity contribution in [2.45, 2.75) is 65.9 Å².